The van der Waals surface area contributed by atoms with E-state index in [-0.39, 0.29) is 6.04 Å². The Hall–Kier alpha value is -1.02. The Morgan fingerprint density at radius 3 is 2.25 bits per heavy atom. The van der Waals surface area contributed by atoms with Gasteiger partial charge in [-0.3, -0.25) is 0 Å². The minimum absolute atomic E-state index is 0.227. The highest BCUT2D eigenvalue weighted by Crippen LogP contribution is 2.39. The molecule has 0 saturated heterocycles. The molecule has 1 aliphatic rings. The molecule has 0 aliphatic heterocycles. The van der Waals surface area contributed by atoms with Gasteiger partial charge in [0.2, 0.25) is 0 Å². The first-order valence-corrected chi connectivity index (χ1v) is 4.38. The third kappa shape index (κ3) is 1.43. The van der Waals surface area contributed by atoms with Gasteiger partial charge in [0.05, 0.1) is 0 Å². The van der Waals surface area contributed by atoms with Gasteiger partial charge in [-0.05, 0) is 36.5 Å². The number of anilines is 1. The molecule has 1 fully saturated rings. The lowest BCUT2D eigenvalue weighted by Crippen LogP contribution is -2.11. The van der Waals surface area contributed by atoms with Gasteiger partial charge < -0.3 is 11.5 Å². The smallest absolute Gasteiger partial charge is 0.0323 e. The van der Waals surface area contributed by atoms with E-state index in [1.165, 1.54) is 18.4 Å². The van der Waals surface area contributed by atoms with Crippen LogP contribution >= 0.6 is 0 Å². The molecule has 0 bridgehead atoms. The van der Waals surface area contributed by atoms with Crippen molar-refractivity contribution in [2.24, 2.45) is 11.7 Å². The van der Waals surface area contributed by atoms with Crippen LogP contribution in [0.15, 0.2) is 24.3 Å². The molecule has 2 nitrogen and oxygen atoms in total. The molecule has 1 aromatic carbocycles. The number of hydrogen-bond donors (Lipinski definition) is 2. The number of nitrogen functional groups attached to an aromatic ring is 1. The molecule has 1 aliphatic carbocycles. The molecule has 1 atom stereocenters. The summed E-state index contributed by atoms with van der Waals surface area (Å²) in [5.74, 6) is 0.716. The summed E-state index contributed by atoms with van der Waals surface area (Å²) >= 11 is 0. The van der Waals surface area contributed by atoms with Crippen molar-refractivity contribution in [2.45, 2.75) is 18.9 Å². The summed E-state index contributed by atoms with van der Waals surface area (Å²) in [6.07, 6.45) is 2.57. The molecule has 2 heteroatoms. The summed E-state index contributed by atoms with van der Waals surface area (Å²) in [5.41, 5.74) is 13.6. The van der Waals surface area contributed by atoms with Gasteiger partial charge >= 0.3 is 0 Å². The third-order valence-corrected chi connectivity index (χ3v) is 2.45. The van der Waals surface area contributed by atoms with Crippen LogP contribution in [-0.2, 0) is 0 Å². The molecule has 2 rings (SSSR count). The van der Waals surface area contributed by atoms with E-state index in [0.717, 1.165) is 5.69 Å². The van der Waals surface area contributed by atoms with E-state index in [0.29, 0.717) is 5.92 Å². The van der Waals surface area contributed by atoms with Gasteiger partial charge in [-0.2, -0.15) is 0 Å². The molecule has 1 saturated carbocycles. The number of benzene rings is 1. The van der Waals surface area contributed by atoms with Crippen LogP contribution in [0.2, 0.25) is 0 Å². The van der Waals surface area contributed by atoms with Crippen molar-refractivity contribution in [3.05, 3.63) is 29.8 Å². The van der Waals surface area contributed by atoms with Crippen LogP contribution in [-0.4, -0.2) is 0 Å². The first-order valence-electron chi connectivity index (χ1n) is 4.38. The second-order valence-corrected chi connectivity index (χ2v) is 3.53. The summed E-state index contributed by atoms with van der Waals surface area (Å²) in [6.45, 7) is 0. The molecular formula is C10H14N2. The lowest BCUT2D eigenvalue weighted by molar-refractivity contribution is 0.633. The van der Waals surface area contributed by atoms with Crippen molar-refractivity contribution in [3.8, 4) is 0 Å². The maximum Gasteiger partial charge on any atom is 0.0323 e. The molecular weight excluding hydrogens is 148 g/mol. The maximum absolute atomic E-state index is 6.01. The molecule has 12 heavy (non-hydrogen) atoms. The van der Waals surface area contributed by atoms with Crippen LogP contribution < -0.4 is 11.5 Å². The Bertz CT molecular complexity index is 262. The Labute approximate surface area is 72.6 Å². The predicted molar refractivity (Wildman–Crippen MR) is 50.5 cm³/mol. The molecule has 0 aromatic heterocycles. The second-order valence-electron chi connectivity index (χ2n) is 3.53. The SMILES string of the molecule is Nc1ccc(C(N)C2CC2)cc1. The average Bonchev–Trinajstić information content (AvgIpc) is 2.87. The van der Waals surface area contributed by atoms with Crippen molar-refractivity contribution >= 4 is 5.69 Å². The van der Waals surface area contributed by atoms with Gasteiger partial charge in [0.25, 0.3) is 0 Å². The molecule has 1 aromatic rings. The molecule has 0 spiro atoms. The zero-order chi connectivity index (χ0) is 8.55. The fourth-order valence-electron chi connectivity index (χ4n) is 1.45. The highest BCUT2D eigenvalue weighted by Gasteiger charge is 2.29. The highest BCUT2D eigenvalue weighted by molar-refractivity contribution is 5.40. The highest BCUT2D eigenvalue weighted by atomic mass is 14.7. The maximum atomic E-state index is 6.01. The van der Waals surface area contributed by atoms with Crippen molar-refractivity contribution in [3.63, 3.8) is 0 Å². The Morgan fingerprint density at radius 2 is 1.75 bits per heavy atom. The van der Waals surface area contributed by atoms with E-state index in [2.05, 4.69) is 0 Å². The predicted octanol–water partition coefficient (Wildman–Crippen LogP) is 1.68. The zero-order valence-corrected chi connectivity index (χ0v) is 7.03. The zero-order valence-electron chi connectivity index (χ0n) is 7.03. The summed E-state index contributed by atoms with van der Waals surface area (Å²) in [5, 5.41) is 0. The summed E-state index contributed by atoms with van der Waals surface area (Å²) in [7, 11) is 0. The van der Waals surface area contributed by atoms with E-state index in [1.54, 1.807) is 0 Å². The van der Waals surface area contributed by atoms with E-state index in [1.807, 2.05) is 24.3 Å². The van der Waals surface area contributed by atoms with Crippen molar-refractivity contribution in [1.29, 1.82) is 0 Å². The first-order chi connectivity index (χ1) is 5.77. The van der Waals surface area contributed by atoms with Crippen molar-refractivity contribution in [1.82, 2.24) is 0 Å². The van der Waals surface area contributed by atoms with Gasteiger partial charge in [-0.15, -0.1) is 0 Å². The molecule has 0 amide bonds. The van der Waals surface area contributed by atoms with E-state index in [9.17, 15) is 0 Å². The second kappa shape index (κ2) is 2.79. The van der Waals surface area contributed by atoms with Crippen molar-refractivity contribution < 1.29 is 0 Å². The molecule has 64 valence electrons. The van der Waals surface area contributed by atoms with Crippen molar-refractivity contribution in [2.75, 3.05) is 5.73 Å². The van der Waals surface area contributed by atoms with Crippen LogP contribution in [0.25, 0.3) is 0 Å². The minimum Gasteiger partial charge on any atom is -0.399 e. The number of rotatable bonds is 2. The van der Waals surface area contributed by atoms with Gasteiger partial charge in [0.1, 0.15) is 0 Å². The molecule has 0 radical (unpaired) electrons. The Balaban J connectivity index is 2.16. The standard InChI is InChI=1S/C10H14N2/c11-9-5-3-8(4-6-9)10(12)7-1-2-7/h3-7,10H,1-2,11-12H2. The van der Waals surface area contributed by atoms with E-state index >= 15 is 0 Å². The first kappa shape index (κ1) is 7.62. The van der Waals surface area contributed by atoms with Crippen LogP contribution in [0.3, 0.4) is 0 Å². The van der Waals surface area contributed by atoms with Crippen LogP contribution in [0, 0.1) is 5.92 Å². The van der Waals surface area contributed by atoms with Gasteiger partial charge in [0, 0.05) is 11.7 Å². The van der Waals surface area contributed by atoms with E-state index < -0.39 is 0 Å². The Morgan fingerprint density at radius 1 is 1.17 bits per heavy atom. The van der Waals surface area contributed by atoms with Gasteiger partial charge in [-0.25, -0.2) is 0 Å². The molecule has 1 unspecified atom stereocenters. The lowest BCUT2D eigenvalue weighted by Gasteiger charge is -2.09. The normalized spacial score (nSPS) is 19.1. The summed E-state index contributed by atoms with van der Waals surface area (Å²) in [4.78, 5) is 0. The van der Waals surface area contributed by atoms with Crippen LogP contribution in [0.1, 0.15) is 24.4 Å². The summed E-state index contributed by atoms with van der Waals surface area (Å²) in [6, 6.07) is 8.11. The topological polar surface area (TPSA) is 52.0 Å². The molecule has 4 N–H and O–H groups in total. The van der Waals surface area contributed by atoms with Crippen LogP contribution in [0.4, 0.5) is 5.69 Å². The fourth-order valence-corrected chi connectivity index (χ4v) is 1.45. The minimum atomic E-state index is 0.227. The lowest BCUT2D eigenvalue weighted by atomic mass is 10.0. The number of nitrogens with two attached hydrogens (primary N) is 2. The molecule has 0 heterocycles. The van der Waals surface area contributed by atoms with Gasteiger partial charge in [-0.1, -0.05) is 12.1 Å². The van der Waals surface area contributed by atoms with E-state index in [4.69, 9.17) is 11.5 Å². The van der Waals surface area contributed by atoms with Crippen LogP contribution in [0.5, 0.6) is 0 Å². The third-order valence-electron chi connectivity index (χ3n) is 2.45. The van der Waals surface area contributed by atoms with Gasteiger partial charge in [0.15, 0.2) is 0 Å². The average molecular weight is 162 g/mol. The number of hydrogen-bond acceptors (Lipinski definition) is 2. The Kier molecular flexibility index (Phi) is 1.77. The summed E-state index contributed by atoms with van der Waals surface area (Å²) < 4.78 is 0. The quantitative estimate of drug-likeness (QED) is 0.650. The fraction of sp³-hybridized carbons (Fsp3) is 0.400. The monoisotopic (exact) mass is 162 g/mol. The largest absolute Gasteiger partial charge is 0.399 e.